The van der Waals surface area contributed by atoms with Crippen LogP contribution in [0.2, 0.25) is 0 Å². The monoisotopic (exact) mass is 368 g/mol. The van der Waals surface area contributed by atoms with E-state index in [1.807, 2.05) is 0 Å². The second-order valence-electron chi connectivity index (χ2n) is 5.74. The maximum atomic E-state index is 12.4. The van der Waals surface area contributed by atoms with Gasteiger partial charge in [0.25, 0.3) is 0 Å². The van der Waals surface area contributed by atoms with Crippen LogP contribution < -0.4 is 15.0 Å². The molecule has 3 rings (SSSR count). The van der Waals surface area contributed by atoms with E-state index in [9.17, 15) is 22.8 Å². The van der Waals surface area contributed by atoms with E-state index in [-0.39, 0.29) is 36.7 Å². The molecule has 0 spiro atoms. The fraction of sp³-hybridized carbons (Fsp3) is 0.312. The minimum Gasteiger partial charge on any atom is -0.405 e. The molecule has 0 aliphatic carbocycles. The number of halogens is 3. The zero-order chi connectivity index (χ0) is 18.7. The molecule has 10 heteroatoms. The van der Waals surface area contributed by atoms with Crippen LogP contribution in [-0.4, -0.2) is 34.9 Å². The zero-order valence-electron chi connectivity index (χ0n) is 13.4. The highest BCUT2D eigenvalue weighted by molar-refractivity contribution is 6.00. The third kappa shape index (κ3) is 4.13. The Bertz CT molecular complexity index is 792. The average Bonchev–Trinajstić information content (AvgIpc) is 3.21. The van der Waals surface area contributed by atoms with E-state index in [0.717, 1.165) is 0 Å². The highest BCUT2D eigenvalue weighted by Gasteiger charge is 2.36. The largest absolute Gasteiger partial charge is 0.573 e. The number of alkyl halides is 3. The Hall–Kier alpha value is -3.04. The van der Waals surface area contributed by atoms with E-state index in [2.05, 4.69) is 20.3 Å². The second-order valence-corrected chi connectivity index (χ2v) is 5.74. The van der Waals surface area contributed by atoms with Gasteiger partial charge in [0.2, 0.25) is 11.8 Å². The van der Waals surface area contributed by atoms with Crippen molar-refractivity contribution in [3.63, 3.8) is 0 Å². The van der Waals surface area contributed by atoms with Gasteiger partial charge in [-0.15, -0.1) is 13.2 Å². The third-order valence-electron chi connectivity index (χ3n) is 3.94. The van der Waals surface area contributed by atoms with Crippen LogP contribution in [0.25, 0.3) is 0 Å². The smallest absolute Gasteiger partial charge is 0.405 e. The van der Waals surface area contributed by atoms with Gasteiger partial charge in [-0.3, -0.25) is 14.7 Å². The quantitative estimate of drug-likeness (QED) is 0.845. The predicted molar refractivity (Wildman–Crippen MR) is 84.0 cm³/mol. The van der Waals surface area contributed by atoms with Crippen molar-refractivity contribution < 1.29 is 27.5 Å². The van der Waals surface area contributed by atoms with Gasteiger partial charge in [0.05, 0.1) is 17.8 Å². The Morgan fingerprint density at radius 1 is 1.38 bits per heavy atom. The molecular weight excluding hydrogens is 353 g/mol. The van der Waals surface area contributed by atoms with Gasteiger partial charge in [-0.2, -0.15) is 5.10 Å². The molecule has 2 heterocycles. The first-order chi connectivity index (χ1) is 12.3. The summed E-state index contributed by atoms with van der Waals surface area (Å²) in [5.74, 6) is -1.59. The number of nitrogens with one attached hydrogen (secondary N) is 2. The molecule has 1 aliphatic heterocycles. The van der Waals surface area contributed by atoms with Gasteiger partial charge >= 0.3 is 6.36 Å². The maximum Gasteiger partial charge on any atom is 0.573 e. The van der Waals surface area contributed by atoms with Crippen LogP contribution in [0.4, 0.5) is 18.9 Å². The summed E-state index contributed by atoms with van der Waals surface area (Å²) >= 11 is 0. The third-order valence-corrected chi connectivity index (χ3v) is 3.94. The number of hydrogen-bond acceptors (Lipinski definition) is 4. The fourth-order valence-corrected chi connectivity index (χ4v) is 2.73. The van der Waals surface area contributed by atoms with Crippen molar-refractivity contribution in [2.45, 2.75) is 19.3 Å². The number of ether oxygens (including phenoxy) is 1. The van der Waals surface area contributed by atoms with Crippen LogP contribution in [0.5, 0.6) is 5.75 Å². The van der Waals surface area contributed by atoms with Crippen LogP contribution in [0.1, 0.15) is 12.0 Å². The minimum absolute atomic E-state index is 0.0255. The van der Waals surface area contributed by atoms with Gasteiger partial charge in [0, 0.05) is 31.3 Å². The standard InChI is InChI=1S/C16H15F3N4O3/c17-16(18,19)26-13-4-2-1-3-10(13)6-20-15(25)11-5-14(24)23(9-11)12-7-21-22-8-12/h1-4,7-8,11H,5-6,9H2,(H,20,25)(H,21,22). The summed E-state index contributed by atoms with van der Waals surface area (Å²) in [5.41, 5.74) is 0.753. The number of hydrogen-bond donors (Lipinski definition) is 2. The Labute approximate surface area is 146 Å². The van der Waals surface area contributed by atoms with Crippen molar-refractivity contribution in [2.75, 3.05) is 11.4 Å². The molecule has 0 bridgehead atoms. The van der Waals surface area contributed by atoms with Gasteiger partial charge in [-0.25, -0.2) is 0 Å². The van der Waals surface area contributed by atoms with Gasteiger partial charge in [0.15, 0.2) is 0 Å². The van der Waals surface area contributed by atoms with Crippen molar-refractivity contribution in [3.8, 4) is 5.75 Å². The second kappa shape index (κ2) is 7.06. The first-order valence-electron chi connectivity index (χ1n) is 7.74. The van der Waals surface area contributed by atoms with E-state index in [0.29, 0.717) is 5.69 Å². The molecule has 2 aromatic rings. The molecule has 1 unspecified atom stereocenters. The average molecular weight is 368 g/mol. The zero-order valence-corrected chi connectivity index (χ0v) is 13.4. The highest BCUT2D eigenvalue weighted by Crippen LogP contribution is 2.27. The summed E-state index contributed by atoms with van der Waals surface area (Å²) in [5, 5.41) is 8.92. The van der Waals surface area contributed by atoms with Gasteiger partial charge < -0.3 is 15.0 Å². The first-order valence-corrected chi connectivity index (χ1v) is 7.74. The SMILES string of the molecule is O=C(NCc1ccccc1OC(F)(F)F)C1CC(=O)N(c2cn[nH]c2)C1. The number of benzene rings is 1. The molecule has 0 saturated carbocycles. The number of nitrogens with zero attached hydrogens (tertiary/aromatic N) is 2. The summed E-state index contributed by atoms with van der Waals surface area (Å²) in [6.45, 7) is 0.0480. The van der Waals surface area contributed by atoms with Crippen molar-refractivity contribution in [3.05, 3.63) is 42.2 Å². The van der Waals surface area contributed by atoms with E-state index in [1.165, 1.54) is 29.3 Å². The number of para-hydroxylation sites is 1. The van der Waals surface area contributed by atoms with Crippen LogP contribution in [0.3, 0.4) is 0 Å². The molecule has 138 valence electrons. The predicted octanol–water partition coefficient (Wildman–Crippen LogP) is 1.98. The number of aromatic nitrogens is 2. The molecule has 7 nitrogen and oxygen atoms in total. The number of aromatic amines is 1. The maximum absolute atomic E-state index is 12.4. The Morgan fingerprint density at radius 3 is 2.85 bits per heavy atom. The molecule has 0 radical (unpaired) electrons. The lowest BCUT2D eigenvalue weighted by Crippen LogP contribution is -2.32. The Balaban J connectivity index is 1.61. The first kappa shape index (κ1) is 17.8. The summed E-state index contributed by atoms with van der Waals surface area (Å²) in [4.78, 5) is 25.8. The molecular formula is C16H15F3N4O3. The van der Waals surface area contributed by atoms with Crippen molar-refractivity contribution in [1.29, 1.82) is 0 Å². The Morgan fingerprint density at radius 2 is 2.15 bits per heavy atom. The van der Waals surface area contributed by atoms with E-state index in [4.69, 9.17) is 0 Å². The topological polar surface area (TPSA) is 87.3 Å². The molecule has 2 amide bonds. The van der Waals surface area contributed by atoms with Crippen LogP contribution in [-0.2, 0) is 16.1 Å². The molecule has 1 fully saturated rings. The van der Waals surface area contributed by atoms with Crippen LogP contribution in [0.15, 0.2) is 36.7 Å². The molecule has 1 aromatic heterocycles. The van der Waals surface area contributed by atoms with Crippen LogP contribution in [0, 0.1) is 5.92 Å². The number of anilines is 1. The van der Waals surface area contributed by atoms with E-state index in [1.54, 1.807) is 12.3 Å². The summed E-state index contributed by atoms with van der Waals surface area (Å²) in [7, 11) is 0. The molecule has 2 N–H and O–H groups in total. The number of H-pyrrole nitrogens is 1. The van der Waals surface area contributed by atoms with E-state index >= 15 is 0 Å². The summed E-state index contributed by atoms with van der Waals surface area (Å²) < 4.78 is 41.2. The van der Waals surface area contributed by atoms with E-state index < -0.39 is 18.2 Å². The number of carbonyl (C=O) groups excluding carboxylic acids is 2. The van der Waals surface area contributed by atoms with Crippen molar-refractivity contribution >= 4 is 17.5 Å². The fourth-order valence-electron chi connectivity index (χ4n) is 2.73. The van der Waals surface area contributed by atoms with Crippen molar-refractivity contribution in [2.24, 2.45) is 5.92 Å². The van der Waals surface area contributed by atoms with Gasteiger partial charge in [0.1, 0.15) is 5.75 Å². The lowest BCUT2D eigenvalue weighted by molar-refractivity contribution is -0.274. The molecule has 26 heavy (non-hydrogen) atoms. The van der Waals surface area contributed by atoms with Crippen molar-refractivity contribution in [1.82, 2.24) is 15.5 Å². The molecule has 1 aromatic carbocycles. The highest BCUT2D eigenvalue weighted by atomic mass is 19.4. The summed E-state index contributed by atoms with van der Waals surface area (Å²) in [6.07, 6.45) is -1.77. The number of carbonyl (C=O) groups is 2. The van der Waals surface area contributed by atoms with Gasteiger partial charge in [-0.05, 0) is 6.07 Å². The number of amides is 2. The lowest BCUT2D eigenvalue weighted by atomic mass is 10.1. The minimum atomic E-state index is -4.82. The molecule has 1 saturated heterocycles. The normalized spacial score (nSPS) is 17.4. The number of rotatable bonds is 5. The molecule has 1 aliphatic rings. The van der Waals surface area contributed by atoms with Crippen LogP contribution >= 0.6 is 0 Å². The Kier molecular flexibility index (Phi) is 4.83. The lowest BCUT2D eigenvalue weighted by Gasteiger charge is -2.15. The summed E-state index contributed by atoms with van der Waals surface area (Å²) in [6, 6.07) is 5.56. The van der Waals surface area contributed by atoms with Gasteiger partial charge in [-0.1, -0.05) is 18.2 Å². The molecule has 1 atom stereocenters.